The van der Waals surface area contributed by atoms with Gasteiger partial charge in [-0.3, -0.25) is 9.36 Å². The normalized spacial score (nSPS) is 18.7. The lowest BCUT2D eigenvalue weighted by atomic mass is 10.1. The van der Waals surface area contributed by atoms with Gasteiger partial charge >= 0.3 is 5.97 Å². The number of β-amino-alcohol motifs (C(OH)–C–C–N with tert-alkyl or cyclic N) is 2. The van der Waals surface area contributed by atoms with Gasteiger partial charge in [0.2, 0.25) is 5.43 Å². The summed E-state index contributed by atoms with van der Waals surface area (Å²) in [7, 11) is 0. The molecule has 0 aliphatic carbocycles. The van der Waals surface area contributed by atoms with Gasteiger partial charge in [0.15, 0.2) is 17.3 Å². The van der Waals surface area contributed by atoms with Crippen molar-refractivity contribution in [3.05, 3.63) is 62.7 Å². The van der Waals surface area contributed by atoms with Crippen molar-refractivity contribution < 1.29 is 33.3 Å². The topological polar surface area (TPSA) is 116 Å². The lowest BCUT2D eigenvalue weighted by molar-refractivity contribution is 0.0572. The summed E-state index contributed by atoms with van der Waals surface area (Å²) in [5.41, 5.74) is -3.01. The van der Waals surface area contributed by atoms with Crippen LogP contribution in [-0.2, 0) is 0 Å². The van der Waals surface area contributed by atoms with Crippen LogP contribution in [0.1, 0.15) is 10.4 Å². The fourth-order valence-electron chi connectivity index (χ4n) is 3.47. The lowest BCUT2D eigenvalue weighted by Crippen LogP contribution is -2.25. The Hall–Kier alpha value is -3.15. The smallest absolute Gasteiger partial charge is 0.341 e. The maximum atomic E-state index is 14.5. The number of aromatic nitrogens is 2. The molecular formula is C19H13ClF3N3O5. The zero-order valence-electron chi connectivity index (χ0n) is 15.4. The van der Waals surface area contributed by atoms with Crippen molar-refractivity contribution in [1.82, 2.24) is 9.55 Å². The van der Waals surface area contributed by atoms with E-state index in [1.54, 1.807) is 0 Å². The number of aromatic carboxylic acids is 1. The summed E-state index contributed by atoms with van der Waals surface area (Å²) in [4.78, 5) is 29.7. The number of fused-ring (bicyclic) bond motifs is 1. The molecule has 1 aliphatic heterocycles. The number of benzene rings is 1. The van der Waals surface area contributed by atoms with E-state index >= 15 is 0 Å². The molecule has 8 nitrogen and oxygen atoms in total. The van der Waals surface area contributed by atoms with Crippen molar-refractivity contribution in [2.45, 2.75) is 12.2 Å². The van der Waals surface area contributed by atoms with Crippen molar-refractivity contribution in [3.8, 4) is 5.69 Å². The van der Waals surface area contributed by atoms with Gasteiger partial charge in [0.25, 0.3) is 0 Å². The third-order valence-electron chi connectivity index (χ3n) is 4.92. The van der Waals surface area contributed by atoms with Gasteiger partial charge in [-0.25, -0.2) is 22.9 Å². The van der Waals surface area contributed by atoms with E-state index in [0.29, 0.717) is 22.9 Å². The molecule has 0 amide bonds. The summed E-state index contributed by atoms with van der Waals surface area (Å²) < 4.78 is 43.0. The summed E-state index contributed by atoms with van der Waals surface area (Å²) in [6.45, 7) is -0.119. The number of halogens is 4. The summed E-state index contributed by atoms with van der Waals surface area (Å²) in [5, 5.41) is 28.5. The second kappa shape index (κ2) is 7.52. The van der Waals surface area contributed by atoms with Crippen molar-refractivity contribution in [1.29, 1.82) is 0 Å². The van der Waals surface area contributed by atoms with E-state index in [-0.39, 0.29) is 35.0 Å². The Morgan fingerprint density at radius 3 is 2.23 bits per heavy atom. The Bertz CT molecular complexity index is 1270. The molecule has 1 aliphatic rings. The first-order valence-electron chi connectivity index (χ1n) is 8.83. The average Bonchev–Trinajstić information content (AvgIpc) is 3.00. The second-order valence-corrected chi connectivity index (χ2v) is 7.38. The summed E-state index contributed by atoms with van der Waals surface area (Å²) in [6, 6.07) is 1.88. The van der Waals surface area contributed by atoms with Crippen LogP contribution in [0.25, 0.3) is 16.7 Å². The number of hydrogen-bond donors (Lipinski definition) is 3. The molecule has 0 saturated carbocycles. The van der Waals surface area contributed by atoms with Gasteiger partial charge in [-0.1, -0.05) is 11.6 Å². The molecule has 0 bridgehead atoms. The molecule has 2 atom stereocenters. The maximum absolute atomic E-state index is 14.5. The van der Waals surface area contributed by atoms with Crippen LogP contribution < -0.4 is 10.3 Å². The third kappa shape index (κ3) is 3.50. The minimum atomic E-state index is -1.66. The van der Waals surface area contributed by atoms with Gasteiger partial charge < -0.3 is 20.2 Å². The molecule has 0 spiro atoms. The number of carboxylic acids is 1. The molecule has 1 aromatic carbocycles. The Labute approximate surface area is 176 Å². The maximum Gasteiger partial charge on any atom is 0.341 e. The van der Waals surface area contributed by atoms with E-state index in [9.17, 15) is 38.1 Å². The quantitative estimate of drug-likeness (QED) is 0.550. The number of carbonyl (C=O) groups is 1. The number of hydrogen-bond acceptors (Lipinski definition) is 6. The zero-order chi connectivity index (χ0) is 22.6. The minimum absolute atomic E-state index is 0.0103. The van der Waals surface area contributed by atoms with Crippen LogP contribution >= 0.6 is 11.6 Å². The molecule has 31 heavy (non-hydrogen) atoms. The Morgan fingerprint density at radius 1 is 1.10 bits per heavy atom. The van der Waals surface area contributed by atoms with E-state index in [1.165, 1.54) is 4.90 Å². The SMILES string of the molecule is O=C(O)c1cn(-c2c(F)cc(F)cc2F)c2nc(N3C[C@@H](O)[C@H](O)C3)c(Cl)cc2c1=O. The molecule has 12 heteroatoms. The molecular weight excluding hydrogens is 443 g/mol. The van der Waals surface area contributed by atoms with Crippen LogP contribution in [0.15, 0.2) is 29.2 Å². The minimum Gasteiger partial charge on any atom is -0.477 e. The van der Waals surface area contributed by atoms with Crippen LogP contribution in [0.2, 0.25) is 5.02 Å². The van der Waals surface area contributed by atoms with E-state index in [1.807, 2.05) is 0 Å². The number of aliphatic hydroxyl groups excluding tert-OH is 2. The molecule has 3 heterocycles. The summed E-state index contributed by atoms with van der Waals surface area (Å²) in [5.74, 6) is -5.58. The highest BCUT2D eigenvalue weighted by Gasteiger charge is 2.32. The van der Waals surface area contributed by atoms with Crippen molar-refractivity contribution in [2.75, 3.05) is 18.0 Å². The molecule has 4 rings (SSSR count). The molecule has 2 aromatic heterocycles. The first kappa shape index (κ1) is 21.1. The Balaban J connectivity index is 2.07. The van der Waals surface area contributed by atoms with Gasteiger partial charge in [0, 0.05) is 31.4 Å². The van der Waals surface area contributed by atoms with Crippen molar-refractivity contribution in [2.24, 2.45) is 0 Å². The van der Waals surface area contributed by atoms with Crippen molar-refractivity contribution >= 4 is 34.4 Å². The fourth-order valence-corrected chi connectivity index (χ4v) is 3.74. The van der Waals surface area contributed by atoms with Gasteiger partial charge in [-0.15, -0.1) is 0 Å². The largest absolute Gasteiger partial charge is 0.477 e. The van der Waals surface area contributed by atoms with E-state index in [2.05, 4.69) is 4.98 Å². The van der Waals surface area contributed by atoms with Gasteiger partial charge in [-0.2, -0.15) is 0 Å². The van der Waals surface area contributed by atoms with Crippen LogP contribution in [-0.4, -0.2) is 56.1 Å². The van der Waals surface area contributed by atoms with Crippen LogP contribution in [0, 0.1) is 17.5 Å². The monoisotopic (exact) mass is 455 g/mol. The highest BCUT2D eigenvalue weighted by molar-refractivity contribution is 6.33. The number of nitrogens with zero attached hydrogens (tertiary/aromatic N) is 3. The van der Waals surface area contributed by atoms with Crippen LogP contribution in [0.4, 0.5) is 19.0 Å². The molecule has 1 fully saturated rings. The Kier molecular flexibility index (Phi) is 5.12. The van der Waals surface area contributed by atoms with Gasteiger partial charge in [0.05, 0.1) is 22.6 Å². The van der Waals surface area contributed by atoms with E-state index in [0.717, 1.165) is 6.07 Å². The lowest BCUT2D eigenvalue weighted by Gasteiger charge is -2.20. The van der Waals surface area contributed by atoms with Crippen LogP contribution in [0.5, 0.6) is 0 Å². The predicted molar refractivity (Wildman–Crippen MR) is 103 cm³/mol. The highest BCUT2D eigenvalue weighted by atomic mass is 35.5. The van der Waals surface area contributed by atoms with E-state index in [4.69, 9.17) is 11.6 Å². The molecule has 3 aromatic rings. The molecule has 162 valence electrons. The van der Waals surface area contributed by atoms with Crippen LogP contribution in [0.3, 0.4) is 0 Å². The van der Waals surface area contributed by atoms with Gasteiger partial charge in [-0.05, 0) is 6.07 Å². The molecule has 0 radical (unpaired) electrons. The molecule has 0 unspecified atom stereocenters. The predicted octanol–water partition coefficient (Wildman–Crippen LogP) is 1.70. The first-order chi connectivity index (χ1) is 14.6. The Morgan fingerprint density at radius 2 is 1.68 bits per heavy atom. The highest BCUT2D eigenvalue weighted by Crippen LogP contribution is 2.31. The number of carboxylic acid groups (broad SMARTS) is 1. The van der Waals surface area contributed by atoms with E-state index < -0.39 is 52.3 Å². The molecule has 3 N–H and O–H groups in total. The average molecular weight is 456 g/mol. The van der Waals surface area contributed by atoms with Gasteiger partial charge in [0.1, 0.15) is 22.9 Å². The van der Waals surface area contributed by atoms with Crippen molar-refractivity contribution in [3.63, 3.8) is 0 Å². The second-order valence-electron chi connectivity index (χ2n) is 6.97. The number of anilines is 1. The fraction of sp³-hybridized carbons (Fsp3) is 0.211. The summed E-state index contributed by atoms with van der Waals surface area (Å²) >= 11 is 6.20. The molecule has 1 saturated heterocycles. The standard InChI is InChI=1S/C19H13ClF3N3O5/c20-10-3-8-16(29)9(19(30)31)4-26(15-11(22)1-7(21)2-12(15)23)17(8)24-18(10)25-5-13(27)14(28)6-25/h1-4,13-14,27-28H,5-6H2,(H,30,31)/t13-,14-/m1/s1. The number of rotatable bonds is 3. The zero-order valence-corrected chi connectivity index (χ0v) is 16.1. The number of aliphatic hydroxyl groups is 2. The first-order valence-corrected chi connectivity index (χ1v) is 9.21. The summed E-state index contributed by atoms with van der Waals surface area (Å²) in [6.07, 6.45) is -1.51. The third-order valence-corrected chi connectivity index (χ3v) is 5.20. The number of pyridine rings is 2.